The first kappa shape index (κ1) is 20.0. The van der Waals surface area contributed by atoms with E-state index in [-0.39, 0.29) is 17.4 Å². The molecule has 0 aliphatic carbocycles. The molecule has 1 N–H and O–H groups in total. The van der Waals surface area contributed by atoms with Crippen LogP contribution in [-0.2, 0) is 9.59 Å². The number of piperidine rings is 1. The van der Waals surface area contributed by atoms with Crippen LogP contribution >= 0.6 is 9.24 Å². The molecule has 4 nitrogen and oxygen atoms in total. The fourth-order valence-corrected chi connectivity index (χ4v) is 2.82. The molecule has 1 fully saturated rings. The SMILES string of the molecule is CN1CCC[C@@H](C(=O)Nc2cccc(P)c2F)C1=O.Fc1ccccc1. The normalized spacial score (nSPS) is 16.5. The highest BCUT2D eigenvalue weighted by molar-refractivity contribution is 7.27. The molecule has 0 aromatic heterocycles. The molecule has 138 valence electrons. The number of hydrogen-bond acceptors (Lipinski definition) is 2. The minimum Gasteiger partial charge on any atom is -0.345 e. The zero-order valence-corrected chi connectivity index (χ0v) is 15.6. The number of hydrogen-bond donors (Lipinski definition) is 1. The van der Waals surface area contributed by atoms with E-state index in [1.165, 1.54) is 23.1 Å². The average molecular weight is 378 g/mol. The number of rotatable bonds is 2. The number of benzene rings is 2. The van der Waals surface area contributed by atoms with E-state index in [0.717, 1.165) is 6.42 Å². The molecule has 1 heterocycles. The summed E-state index contributed by atoms with van der Waals surface area (Å²) >= 11 is 0. The van der Waals surface area contributed by atoms with Gasteiger partial charge in [-0.05, 0) is 31.0 Å². The van der Waals surface area contributed by atoms with Crippen molar-refractivity contribution in [1.82, 2.24) is 4.90 Å². The third-order valence-electron chi connectivity index (χ3n) is 4.00. The average Bonchev–Trinajstić information content (AvgIpc) is 2.62. The van der Waals surface area contributed by atoms with Gasteiger partial charge in [-0.3, -0.25) is 9.59 Å². The van der Waals surface area contributed by atoms with Gasteiger partial charge in [-0.2, -0.15) is 0 Å². The van der Waals surface area contributed by atoms with Gasteiger partial charge in [0.1, 0.15) is 11.7 Å². The molecule has 3 rings (SSSR count). The smallest absolute Gasteiger partial charge is 0.237 e. The lowest BCUT2D eigenvalue weighted by Gasteiger charge is -2.28. The molecule has 0 spiro atoms. The van der Waals surface area contributed by atoms with Gasteiger partial charge >= 0.3 is 0 Å². The van der Waals surface area contributed by atoms with Crippen LogP contribution < -0.4 is 10.6 Å². The van der Waals surface area contributed by atoms with E-state index in [1.807, 2.05) is 0 Å². The minimum atomic E-state index is -0.716. The van der Waals surface area contributed by atoms with Crippen LogP contribution in [0.4, 0.5) is 14.5 Å². The largest absolute Gasteiger partial charge is 0.345 e. The number of nitrogens with zero attached hydrogens (tertiary/aromatic N) is 1. The number of carbonyl (C=O) groups is 2. The van der Waals surface area contributed by atoms with Gasteiger partial charge in [-0.25, -0.2) is 8.78 Å². The van der Waals surface area contributed by atoms with E-state index in [0.29, 0.717) is 18.3 Å². The molecule has 2 amide bonds. The Morgan fingerprint density at radius 2 is 1.85 bits per heavy atom. The minimum absolute atomic E-state index is 0.110. The fraction of sp³-hybridized carbons (Fsp3) is 0.263. The Morgan fingerprint density at radius 1 is 1.15 bits per heavy atom. The second-order valence-corrected chi connectivity index (χ2v) is 6.57. The lowest BCUT2D eigenvalue weighted by molar-refractivity contribution is -0.142. The highest BCUT2D eigenvalue weighted by Gasteiger charge is 2.32. The Labute approximate surface area is 153 Å². The van der Waals surface area contributed by atoms with Gasteiger partial charge in [0.25, 0.3) is 0 Å². The predicted molar refractivity (Wildman–Crippen MR) is 101 cm³/mol. The molecule has 0 radical (unpaired) electrons. The zero-order valence-electron chi connectivity index (χ0n) is 14.4. The van der Waals surface area contributed by atoms with E-state index in [9.17, 15) is 18.4 Å². The summed E-state index contributed by atoms with van der Waals surface area (Å²) in [5.41, 5.74) is 0.110. The van der Waals surface area contributed by atoms with Gasteiger partial charge in [-0.15, -0.1) is 9.24 Å². The Morgan fingerprint density at radius 3 is 2.46 bits per heavy atom. The van der Waals surface area contributed by atoms with Crippen molar-refractivity contribution >= 4 is 32.0 Å². The second kappa shape index (κ2) is 9.39. The number of amides is 2. The van der Waals surface area contributed by atoms with Crippen molar-refractivity contribution in [2.45, 2.75) is 12.8 Å². The lowest BCUT2D eigenvalue weighted by atomic mass is 9.96. The number of halogens is 2. The summed E-state index contributed by atoms with van der Waals surface area (Å²) in [6.45, 7) is 0.665. The molecule has 26 heavy (non-hydrogen) atoms. The van der Waals surface area contributed by atoms with Crippen molar-refractivity contribution in [2.75, 3.05) is 18.9 Å². The van der Waals surface area contributed by atoms with Crippen LogP contribution in [-0.4, -0.2) is 30.3 Å². The first-order chi connectivity index (χ1) is 12.4. The maximum absolute atomic E-state index is 13.8. The van der Waals surface area contributed by atoms with Crippen LogP contribution in [0.2, 0.25) is 0 Å². The van der Waals surface area contributed by atoms with Crippen molar-refractivity contribution in [3.05, 3.63) is 60.2 Å². The highest BCUT2D eigenvalue weighted by Crippen LogP contribution is 2.20. The Bertz CT molecular complexity index is 771. The van der Waals surface area contributed by atoms with Gasteiger partial charge in [0.05, 0.1) is 5.69 Å². The first-order valence-corrected chi connectivity index (χ1v) is 8.78. The molecule has 2 aromatic rings. The third-order valence-corrected chi connectivity index (χ3v) is 4.44. The van der Waals surface area contributed by atoms with Gasteiger partial charge in [0, 0.05) is 18.9 Å². The van der Waals surface area contributed by atoms with E-state index in [4.69, 9.17) is 0 Å². The van der Waals surface area contributed by atoms with Crippen LogP contribution in [0, 0.1) is 17.6 Å². The molecule has 2 aromatic carbocycles. The van der Waals surface area contributed by atoms with E-state index < -0.39 is 17.6 Å². The van der Waals surface area contributed by atoms with Gasteiger partial charge in [0.15, 0.2) is 5.82 Å². The summed E-state index contributed by atoms with van der Waals surface area (Å²) in [6.07, 6.45) is 1.30. The van der Waals surface area contributed by atoms with Crippen LogP contribution in [0.1, 0.15) is 12.8 Å². The van der Waals surface area contributed by atoms with Gasteiger partial charge in [-0.1, -0.05) is 30.3 Å². The lowest BCUT2D eigenvalue weighted by Crippen LogP contribution is -2.43. The van der Waals surface area contributed by atoms with Gasteiger partial charge in [0.2, 0.25) is 11.8 Å². The summed E-state index contributed by atoms with van der Waals surface area (Å²) in [5, 5.41) is 2.88. The van der Waals surface area contributed by atoms with E-state index in [1.54, 1.807) is 37.4 Å². The molecule has 1 unspecified atom stereocenters. The Kier molecular flexibility index (Phi) is 7.22. The Hall–Kier alpha value is -2.33. The summed E-state index contributed by atoms with van der Waals surface area (Å²) < 4.78 is 25.7. The van der Waals surface area contributed by atoms with Crippen LogP contribution in [0.3, 0.4) is 0 Å². The molecule has 7 heteroatoms. The summed E-state index contributed by atoms with van der Waals surface area (Å²) in [6, 6.07) is 12.7. The molecule has 0 saturated carbocycles. The molecule has 1 aliphatic heterocycles. The van der Waals surface area contributed by atoms with Crippen molar-refractivity contribution in [3.8, 4) is 0 Å². The zero-order chi connectivity index (χ0) is 19.1. The summed E-state index contributed by atoms with van der Waals surface area (Å²) in [7, 11) is 3.93. The molecular formula is C19H21F2N2O2P. The van der Waals surface area contributed by atoms with E-state index >= 15 is 0 Å². The summed E-state index contributed by atoms with van der Waals surface area (Å²) in [4.78, 5) is 25.5. The number of nitrogens with one attached hydrogen (secondary N) is 1. The molecule has 1 aliphatic rings. The standard InChI is InChI=1S/C13H16FN2O2P.C6H5F/c1-16-7-3-4-8(13(16)18)12(17)15-9-5-2-6-10(19)11(9)14;7-6-4-2-1-3-5-6/h2,5-6,8H,3-4,7,19H2,1H3,(H,15,17);1-5H/t8-;/m0./s1. The van der Waals surface area contributed by atoms with Crippen LogP contribution in [0.15, 0.2) is 48.5 Å². The number of carbonyl (C=O) groups excluding carboxylic acids is 2. The monoisotopic (exact) mass is 378 g/mol. The topological polar surface area (TPSA) is 49.4 Å². The molecule has 0 bridgehead atoms. The van der Waals surface area contributed by atoms with E-state index in [2.05, 4.69) is 14.6 Å². The molecule has 2 atom stereocenters. The third kappa shape index (κ3) is 5.33. The molecule has 1 saturated heterocycles. The predicted octanol–water partition coefficient (Wildman–Crippen LogP) is 2.96. The number of likely N-dealkylation sites (tertiary alicyclic amines) is 1. The maximum Gasteiger partial charge on any atom is 0.237 e. The van der Waals surface area contributed by atoms with Crippen molar-refractivity contribution < 1.29 is 18.4 Å². The van der Waals surface area contributed by atoms with Crippen LogP contribution in [0.25, 0.3) is 0 Å². The second-order valence-electron chi connectivity index (χ2n) is 5.95. The maximum atomic E-state index is 13.8. The Balaban J connectivity index is 0.000000290. The quantitative estimate of drug-likeness (QED) is 0.645. The highest BCUT2D eigenvalue weighted by atomic mass is 31.0. The van der Waals surface area contributed by atoms with Crippen LogP contribution in [0.5, 0.6) is 0 Å². The van der Waals surface area contributed by atoms with Crippen molar-refractivity contribution in [3.63, 3.8) is 0 Å². The molecular weight excluding hydrogens is 357 g/mol. The summed E-state index contributed by atoms with van der Waals surface area (Å²) in [5.74, 6) is -2.02. The van der Waals surface area contributed by atoms with Gasteiger partial charge < -0.3 is 10.2 Å². The first-order valence-electron chi connectivity index (χ1n) is 8.20. The number of anilines is 1. The van der Waals surface area contributed by atoms with Crippen molar-refractivity contribution in [1.29, 1.82) is 0 Å². The van der Waals surface area contributed by atoms with Crippen molar-refractivity contribution in [2.24, 2.45) is 5.92 Å². The fourth-order valence-electron chi connectivity index (χ4n) is 2.56.